The van der Waals surface area contributed by atoms with Crippen molar-refractivity contribution in [3.05, 3.63) is 72.1 Å². The van der Waals surface area contributed by atoms with Crippen molar-refractivity contribution in [1.82, 2.24) is 15.8 Å². The maximum atomic E-state index is 12.4. The second kappa shape index (κ2) is 6.78. The lowest BCUT2D eigenvalue weighted by Gasteiger charge is -2.11. The van der Waals surface area contributed by atoms with Crippen LogP contribution in [0.2, 0.25) is 0 Å². The molecule has 2 aromatic carbocycles. The highest BCUT2D eigenvalue weighted by Crippen LogP contribution is 2.25. The summed E-state index contributed by atoms with van der Waals surface area (Å²) in [4.78, 5) is 28.2. The number of benzene rings is 2. The summed E-state index contributed by atoms with van der Waals surface area (Å²) in [6, 6.07) is 16.1. The van der Waals surface area contributed by atoms with E-state index in [1.165, 1.54) is 13.3 Å². The van der Waals surface area contributed by atoms with Gasteiger partial charge in [0.15, 0.2) is 0 Å². The van der Waals surface area contributed by atoms with E-state index in [2.05, 4.69) is 15.8 Å². The van der Waals surface area contributed by atoms with Crippen molar-refractivity contribution < 1.29 is 14.3 Å². The Hall–Kier alpha value is -3.41. The quantitative estimate of drug-likeness (QED) is 0.726. The molecular weight excluding hydrogens is 306 g/mol. The number of fused-ring (bicyclic) bond motifs is 1. The Labute approximate surface area is 138 Å². The zero-order chi connectivity index (χ0) is 16.9. The van der Waals surface area contributed by atoms with Gasteiger partial charge in [-0.3, -0.25) is 25.4 Å². The van der Waals surface area contributed by atoms with Crippen LogP contribution in [-0.4, -0.2) is 23.9 Å². The van der Waals surface area contributed by atoms with Crippen molar-refractivity contribution in [2.24, 2.45) is 0 Å². The lowest BCUT2D eigenvalue weighted by molar-refractivity contribution is 0.0842. The maximum absolute atomic E-state index is 12.4. The number of aromatic nitrogens is 1. The van der Waals surface area contributed by atoms with Gasteiger partial charge in [-0.2, -0.15) is 0 Å². The van der Waals surface area contributed by atoms with E-state index in [4.69, 9.17) is 4.74 Å². The molecule has 0 saturated carbocycles. The summed E-state index contributed by atoms with van der Waals surface area (Å²) in [5.41, 5.74) is 5.26. The van der Waals surface area contributed by atoms with Crippen LogP contribution >= 0.6 is 0 Å². The van der Waals surface area contributed by atoms with Crippen LogP contribution in [0.25, 0.3) is 10.8 Å². The molecule has 0 aliphatic carbocycles. The number of carbonyl (C=O) groups excluding carboxylic acids is 2. The molecule has 0 aliphatic rings. The number of nitrogens with zero attached hydrogens (tertiary/aromatic N) is 1. The third-order valence-electron chi connectivity index (χ3n) is 3.50. The highest BCUT2D eigenvalue weighted by atomic mass is 16.5. The average Bonchev–Trinajstić information content (AvgIpc) is 2.65. The molecule has 1 aromatic heterocycles. The number of hydrazine groups is 1. The third kappa shape index (κ3) is 3.17. The molecule has 0 saturated heterocycles. The number of methoxy groups -OCH3 is 1. The van der Waals surface area contributed by atoms with Crippen molar-refractivity contribution in [3.8, 4) is 5.75 Å². The van der Waals surface area contributed by atoms with Crippen LogP contribution in [0.5, 0.6) is 5.75 Å². The normalized spacial score (nSPS) is 10.2. The third-order valence-corrected chi connectivity index (χ3v) is 3.50. The minimum Gasteiger partial charge on any atom is -0.496 e. The van der Waals surface area contributed by atoms with E-state index in [1.807, 2.05) is 24.3 Å². The van der Waals surface area contributed by atoms with Crippen LogP contribution in [0, 0.1) is 0 Å². The minimum atomic E-state index is -0.497. The molecule has 0 radical (unpaired) electrons. The Kier molecular flexibility index (Phi) is 4.38. The molecule has 3 aromatic rings. The number of hydrogen-bond acceptors (Lipinski definition) is 4. The van der Waals surface area contributed by atoms with Crippen molar-refractivity contribution in [3.63, 3.8) is 0 Å². The molecule has 0 aliphatic heterocycles. The van der Waals surface area contributed by atoms with Crippen molar-refractivity contribution in [2.75, 3.05) is 7.11 Å². The van der Waals surface area contributed by atoms with Crippen LogP contribution in [0.4, 0.5) is 0 Å². The Morgan fingerprint density at radius 2 is 1.58 bits per heavy atom. The summed E-state index contributed by atoms with van der Waals surface area (Å²) in [5, 5.41) is 1.86. The van der Waals surface area contributed by atoms with Crippen LogP contribution < -0.4 is 15.6 Å². The van der Waals surface area contributed by atoms with Gasteiger partial charge >= 0.3 is 0 Å². The average molecular weight is 321 g/mol. The topological polar surface area (TPSA) is 80.3 Å². The monoisotopic (exact) mass is 321 g/mol. The number of hydrogen-bond donors (Lipinski definition) is 2. The first-order valence-electron chi connectivity index (χ1n) is 7.27. The largest absolute Gasteiger partial charge is 0.496 e. The molecule has 6 nitrogen and oxygen atoms in total. The zero-order valence-corrected chi connectivity index (χ0v) is 12.9. The highest BCUT2D eigenvalue weighted by molar-refractivity contribution is 6.03. The van der Waals surface area contributed by atoms with E-state index in [1.54, 1.807) is 30.3 Å². The van der Waals surface area contributed by atoms with E-state index < -0.39 is 11.8 Å². The molecule has 0 spiro atoms. The summed E-state index contributed by atoms with van der Waals surface area (Å²) in [6.07, 6.45) is 1.50. The first-order valence-corrected chi connectivity index (χ1v) is 7.27. The van der Waals surface area contributed by atoms with Gasteiger partial charge in [-0.05, 0) is 35.0 Å². The van der Waals surface area contributed by atoms with Gasteiger partial charge in [-0.15, -0.1) is 0 Å². The summed E-state index contributed by atoms with van der Waals surface area (Å²) < 4.78 is 5.28. The van der Waals surface area contributed by atoms with E-state index in [-0.39, 0.29) is 5.69 Å². The molecule has 1 heterocycles. The standard InChI is InChI=1S/C18H15N3O3/c1-24-16-11-13-7-3-2-6-12(13)10-14(16)17(22)20-21-18(23)15-8-4-5-9-19-15/h2-11H,1H3,(H,20,22)(H,21,23). The molecule has 2 N–H and O–H groups in total. The van der Waals surface area contributed by atoms with Crippen LogP contribution in [0.1, 0.15) is 20.8 Å². The number of rotatable bonds is 3. The van der Waals surface area contributed by atoms with Gasteiger partial charge in [0.25, 0.3) is 11.8 Å². The molecule has 24 heavy (non-hydrogen) atoms. The van der Waals surface area contributed by atoms with E-state index >= 15 is 0 Å². The van der Waals surface area contributed by atoms with Crippen molar-refractivity contribution >= 4 is 22.6 Å². The lowest BCUT2D eigenvalue weighted by Crippen LogP contribution is -2.42. The summed E-state index contributed by atoms with van der Waals surface area (Å²) >= 11 is 0. The number of nitrogens with one attached hydrogen (secondary N) is 2. The minimum absolute atomic E-state index is 0.211. The number of ether oxygens (including phenoxy) is 1. The fourth-order valence-electron chi connectivity index (χ4n) is 2.31. The van der Waals surface area contributed by atoms with E-state index in [0.717, 1.165) is 10.8 Å². The maximum Gasteiger partial charge on any atom is 0.288 e. The van der Waals surface area contributed by atoms with Crippen LogP contribution in [-0.2, 0) is 0 Å². The first-order chi connectivity index (χ1) is 11.7. The lowest BCUT2D eigenvalue weighted by atomic mass is 10.1. The first kappa shape index (κ1) is 15.5. The van der Waals surface area contributed by atoms with Gasteiger partial charge in [-0.1, -0.05) is 30.3 Å². The highest BCUT2D eigenvalue weighted by Gasteiger charge is 2.15. The molecule has 2 amide bonds. The molecule has 0 fully saturated rings. The van der Waals surface area contributed by atoms with Gasteiger partial charge in [0.05, 0.1) is 12.7 Å². The Morgan fingerprint density at radius 1 is 0.917 bits per heavy atom. The van der Waals surface area contributed by atoms with E-state index in [9.17, 15) is 9.59 Å². The predicted octanol–water partition coefficient (Wildman–Crippen LogP) is 2.32. The Morgan fingerprint density at radius 3 is 2.25 bits per heavy atom. The second-order valence-electron chi connectivity index (χ2n) is 5.02. The van der Waals surface area contributed by atoms with Crippen molar-refractivity contribution in [2.45, 2.75) is 0 Å². The summed E-state index contributed by atoms with van der Waals surface area (Å²) in [7, 11) is 1.49. The van der Waals surface area contributed by atoms with Crippen molar-refractivity contribution in [1.29, 1.82) is 0 Å². The van der Waals surface area contributed by atoms with Crippen LogP contribution in [0.15, 0.2) is 60.8 Å². The molecule has 3 rings (SSSR count). The molecule has 0 bridgehead atoms. The molecule has 6 heteroatoms. The molecular formula is C18H15N3O3. The second-order valence-corrected chi connectivity index (χ2v) is 5.02. The summed E-state index contributed by atoms with van der Waals surface area (Å²) in [5.74, 6) is -0.538. The smallest absolute Gasteiger partial charge is 0.288 e. The molecule has 0 unspecified atom stereocenters. The number of amides is 2. The number of pyridine rings is 1. The Balaban J connectivity index is 1.79. The van der Waals surface area contributed by atoms with Gasteiger partial charge in [-0.25, -0.2) is 0 Å². The SMILES string of the molecule is COc1cc2ccccc2cc1C(=O)NNC(=O)c1ccccn1. The fourth-order valence-corrected chi connectivity index (χ4v) is 2.31. The van der Waals surface area contributed by atoms with Gasteiger partial charge in [0.2, 0.25) is 0 Å². The summed E-state index contributed by atoms with van der Waals surface area (Å²) in [6.45, 7) is 0. The van der Waals surface area contributed by atoms with Crippen LogP contribution in [0.3, 0.4) is 0 Å². The van der Waals surface area contributed by atoms with Gasteiger partial charge in [0.1, 0.15) is 11.4 Å². The zero-order valence-electron chi connectivity index (χ0n) is 12.9. The molecule has 0 atom stereocenters. The predicted molar refractivity (Wildman–Crippen MR) is 89.7 cm³/mol. The van der Waals surface area contributed by atoms with E-state index in [0.29, 0.717) is 11.3 Å². The fraction of sp³-hybridized carbons (Fsp3) is 0.0556. The number of carbonyl (C=O) groups is 2. The Bertz CT molecular complexity index is 894. The molecule has 120 valence electrons. The van der Waals surface area contributed by atoms with Gasteiger partial charge < -0.3 is 4.74 Å². The van der Waals surface area contributed by atoms with Gasteiger partial charge in [0, 0.05) is 6.20 Å².